The fourth-order valence-electron chi connectivity index (χ4n) is 2.84. The second-order valence-corrected chi connectivity index (χ2v) is 7.20. The van der Waals surface area contributed by atoms with Crippen molar-refractivity contribution in [3.63, 3.8) is 0 Å². The molecule has 2 heterocycles. The summed E-state index contributed by atoms with van der Waals surface area (Å²) in [5.74, 6) is -1.23. The molecule has 0 atom stereocenters. The summed E-state index contributed by atoms with van der Waals surface area (Å²) >= 11 is 0.998. The summed E-state index contributed by atoms with van der Waals surface area (Å²) in [5.41, 5.74) is 2.16. The standard InChI is InChI=1S/C20H25N3O6S/c1-7-27-18(24)13-11(5)16(21-12(13)6)22-23-17-14(19(25)28-8-2)10(4)15(30-17)20(26)29-9-3/h21H,7-9H2,1-6H3. The average molecular weight is 436 g/mol. The Balaban J connectivity index is 2.49. The zero-order valence-corrected chi connectivity index (χ0v) is 18.7. The van der Waals surface area contributed by atoms with Gasteiger partial charge in [0.1, 0.15) is 10.4 Å². The van der Waals surface area contributed by atoms with Gasteiger partial charge in [0, 0.05) is 11.3 Å². The molecule has 0 unspecified atom stereocenters. The number of hydrogen-bond donors (Lipinski definition) is 1. The lowest BCUT2D eigenvalue weighted by atomic mass is 10.1. The number of azo groups is 1. The summed E-state index contributed by atoms with van der Waals surface area (Å²) in [4.78, 5) is 40.1. The summed E-state index contributed by atoms with van der Waals surface area (Å²) in [6.45, 7) is 10.9. The van der Waals surface area contributed by atoms with Crippen molar-refractivity contribution >= 4 is 40.1 Å². The van der Waals surface area contributed by atoms with Crippen molar-refractivity contribution in [1.82, 2.24) is 4.98 Å². The number of H-pyrrole nitrogens is 1. The minimum absolute atomic E-state index is 0.167. The van der Waals surface area contributed by atoms with Crippen molar-refractivity contribution in [2.45, 2.75) is 41.5 Å². The first kappa shape index (κ1) is 23.3. The van der Waals surface area contributed by atoms with Gasteiger partial charge in [-0.3, -0.25) is 0 Å². The van der Waals surface area contributed by atoms with E-state index >= 15 is 0 Å². The second-order valence-electron chi connectivity index (χ2n) is 6.20. The molecule has 0 saturated carbocycles. The topological polar surface area (TPSA) is 119 Å². The van der Waals surface area contributed by atoms with Crippen LogP contribution in [0.3, 0.4) is 0 Å². The number of hydrogen-bond acceptors (Lipinski definition) is 9. The van der Waals surface area contributed by atoms with Gasteiger partial charge in [0.15, 0.2) is 10.8 Å². The molecule has 0 aliphatic rings. The van der Waals surface area contributed by atoms with Crippen LogP contribution in [0, 0.1) is 20.8 Å². The molecule has 0 saturated heterocycles. The molecule has 162 valence electrons. The van der Waals surface area contributed by atoms with E-state index in [0.717, 1.165) is 11.3 Å². The van der Waals surface area contributed by atoms with E-state index < -0.39 is 17.9 Å². The van der Waals surface area contributed by atoms with Crippen LogP contribution < -0.4 is 0 Å². The molecule has 2 aromatic heterocycles. The van der Waals surface area contributed by atoms with Crippen molar-refractivity contribution in [3.8, 4) is 0 Å². The Morgan fingerprint density at radius 2 is 1.33 bits per heavy atom. The predicted molar refractivity (Wildman–Crippen MR) is 111 cm³/mol. The second kappa shape index (κ2) is 10.1. The lowest BCUT2D eigenvalue weighted by molar-refractivity contribution is 0.0513. The summed E-state index contributed by atoms with van der Waals surface area (Å²) in [6, 6.07) is 0. The monoisotopic (exact) mass is 435 g/mol. The van der Waals surface area contributed by atoms with Gasteiger partial charge in [-0.05, 0) is 47.1 Å². The minimum atomic E-state index is -0.595. The van der Waals surface area contributed by atoms with Gasteiger partial charge in [-0.25, -0.2) is 14.4 Å². The van der Waals surface area contributed by atoms with E-state index in [0.29, 0.717) is 28.2 Å². The molecule has 0 spiro atoms. The number of thiophene rings is 1. The number of ether oxygens (including phenoxy) is 3. The number of carbonyl (C=O) groups excluding carboxylic acids is 3. The molecule has 0 aliphatic heterocycles. The Bertz CT molecular complexity index is 989. The van der Waals surface area contributed by atoms with E-state index in [1.165, 1.54) is 0 Å². The highest BCUT2D eigenvalue weighted by atomic mass is 32.1. The minimum Gasteiger partial charge on any atom is -0.462 e. The van der Waals surface area contributed by atoms with Gasteiger partial charge >= 0.3 is 17.9 Å². The van der Waals surface area contributed by atoms with Crippen LogP contribution >= 0.6 is 11.3 Å². The molecule has 30 heavy (non-hydrogen) atoms. The summed E-state index contributed by atoms with van der Waals surface area (Å²) in [6.07, 6.45) is 0. The van der Waals surface area contributed by atoms with E-state index in [-0.39, 0.29) is 35.3 Å². The normalized spacial score (nSPS) is 11.0. The smallest absolute Gasteiger partial charge is 0.348 e. The van der Waals surface area contributed by atoms with E-state index in [2.05, 4.69) is 15.2 Å². The molecule has 0 radical (unpaired) electrons. The number of aryl methyl sites for hydroxylation is 1. The highest BCUT2D eigenvalue weighted by Gasteiger charge is 2.27. The molecule has 0 fully saturated rings. The van der Waals surface area contributed by atoms with Gasteiger partial charge in [0.05, 0.1) is 25.4 Å². The summed E-state index contributed by atoms with van der Waals surface area (Å²) in [7, 11) is 0. The van der Waals surface area contributed by atoms with Crippen LogP contribution in [-0.2, 0) is 14.2 Å². The maximum absolute atomic E-state index is 12.4. The zero-order valence-electron chi connectivity index (χ0n) is 17.9. The molecular weight excluding hydrogens is 410 g/mol. The Labute approximate surface area is 178 Å². The molecule has 0 aliphatic carbocycles. The first-order valence-electron chi connectivity index (χ1n) is 9.52. The lowest BCUT2D eigenvalue weighted by Crippen LogP contribution is -2.08. The third-order valence-corrected chi connectivity index (χ3v) is 5.36. The molecule has 0 aromatic carbocycles. The highest BCUT2D eigenvalue weighted by Crippen LogP contribution is 2.38. The van der Waals surface area contributed by atoms with Crippen LogP contribution in [-0.4, -0.2) is 42.7 Å². The molecule has 1 N–H and O–H groups in total. The van der Waals surface area contributed by atoms with E-state index in [1.54, 1.807) is 41.5 Å². The number of nitrogens with one attached hydrogen (secondary N) is 1. The average Bonchev–Trinajstić information content (AvgIpc) is 3.16. The number of nitrogens with zero attached hydrogens (tertiary/aromatic N) is 2. The quantitative estimate of drug-likeness (QED) is 0.356. The molecule has 0 amide bonds. The van der Waals surface area contributed by atoms with Crippen LogP contribution in [0.25, 0.3) is 0 Å². The van der Waals surface area contributed by atoms with Crippen molar-refractivity contribution in [3.05, 3.63) is 32.8 Å². The van der Waals surface area contributed by atoms with Crippen LogP contribution in [0.15, 0.2) is 10.2 Å². The van der Waals surface area contributed by atoms with Gasteiger partial charge in [-0.15, -0.1) is 21.6 Å². The van der Waals surface area contributed by atoms with Crippen molar-refractivity contribution in [2.75, 3.05) is 19.8 Å². The Kier molecular flexibility index (Phi) is 7.87. The fourth-order valence-corrected chi connectivity index (χ4v) is 3.85. The maximum Gasteiger partial charge on any atom is 0.348 e. The SMILES string of the molecule is CCOC(=O)c1sc(N=Nc2[nH]c(C)c(C(=O)OCC)c2C)c(C(=O)OCC)c1C. The van der Waals surface area contributed by atoms with Crippen molar-refractivity contribution in [1.29, 1.82) is 0 Å². The van der Waals surface area contributed by atoms with Crippen molar-refractivity contribution in [2.24, 2.45) is 10.2 Å². The van der Waals surface area contributed by atoms with Gasteiger partial charge in [-0.1, -0.05) is 0 Å². The van der Waals surface area contributed by atoms with Gasteiger partial charge in [0.2, 0.25) is 0 Å². The third kappa shape index (κ3) is 4.76. The zero-order chi connectivity index (χ0) is 22.4. The van der Waals surface area contributed by atoms with Crippen LogP contribution in [0.4, 0.5) is 10.8 Å². The number of rotatable bonds is 8. The van der Waals surface area contributed by atoms with E-state index in [1.807, 2.05) is 0 Å². The van der Waals surface area contributed by atoms with E-state index in [9.17, 15) is 14.4 Å². The molecule has 2 aromatic rings. The molecule has 10 heteroatoms. The number of carbonyl (C=O) groups is 3. The number of aromatic nitrogens is 1. The predicted octanol–water partition coefficient (Wildman–Crippen LogP) is 4.95. The first-order valence-corrected chi connectivity index (χ1v) is 10.3. The first-order chi connectivity index (χ1) is 14.3. The van der Waals surface area contributed by atoms with Gasteiger partial charge < -0.3 is 19.2 Å². The van der Waals surface area contributed by atoms with E-state index in [4.69, 9.17) is 14.2 Å². The highest BCUT2D eigenvalue weighted by molar-refractivity contribution is 7.18. The Hall–Kier alpha value is -3.01. The Morgan fingerprint density at radius 1 is 0.800 bits per heavy atom. The van der Waals surface area contributed by atoms with Crippen LogP contribution in [0.5, 0.6) is 0 Å². The Morgan fingerprint density at radius 3 is 1.90 bits per heavy atom. The number of esters is 3. The van der Waals surface area contributed by atoms with Crippen molar-refractivity contribution < 1.29 is 28.6 Å². The maximum atomic E-state index is 12.4. The van der Waals surface area contributed by atoms with Gasteiger partial charge in [-0.2, -0.15) is 0 Å². The summed E-state index contributed by atoms with van der Waals surface area (Å²) < 4.78 is 15.2. The fraction of sp³-hybridized carbons (Fsp3) is 0.450. The third-order valence-electron chi connectivity index (χ3n) is 4.20. The van der Waals surface area contributed by atoms with Gasteiger partial charge in [0.25, 0.3) is 0 Å². The lowest BCUT2D eigenvalue weighted by Gasteiger charge is -2.03. The summed E-state index contributed by atoms with van der Waals surface area (Å²) in [5, 5.41) is 8.57. The largest absolute Gasteiger partial charge is 0.462 e. The van der Waals surface area contributed by atoms with Crippen LogP contribution in [0.1, 0.15) is 68.0 Å². The van der Waals surface area contributed by atoms with Crippen LogP contribution in [0.2, 0.25) is 0 Å². The number of aromatic amines is 1. The molecule has 0 bridgehead atoms. The molecule has 2 rings (SSSR count). The molecular formula is C20H25N3O6S. The molecule has 9 nitrogen and oxygen atoms in total.